The molecule has 2 aliphatic rings. The van der Waals surface area contributed by atoms with Crippen molar-refractivity contribution in [2.45, 2.75) is 30.5 Å². The van der Waals surface area contributed by atoms with Gasteiger partial charge >= 0.3 is 12.1 Å². The molecule has 0 saturated carbocycles. The summed E-state index contributed by atoms with van der Waals surface area (Å²) in [5.41, 5.74) is -3.80. The van der Waals surface area contributed by atoms with Gasteiger partial charge in [0, 0.05) is 17.7 Å². The molecule has 0 unspecified atom stereocenters. The van der Waals surface area contributed by atoms with Gasteiger partial charge in [-0.25, -0.2) is 8.78 Å². The summed E-state index contributed by atoms with van der Waals surface area (Å²) in [5.74, 6) is -5.50. The van der Waals surface area contributed by atoms with Crippen LogP contribution in [0, 0.1) is 10.1 Å². The standard InChI is InChI=1S/C18H15F7N2O3/c19-9-16(10-20)7-14(26-5-1-2-12(26)8-27(28)29)13-6-11(3-4-15(13)30-16)17(21,22)18(23,24)25/h3-4,6-8H,1-2,5,9-10H2. The third-order valence-electron chi connectivity index (χ3n) is 4.85. The van der Waals surface area contributed by atoms with Crippen LogP contribution in [0.15, 0.2) is 36.2 Å². The molecule has 0 aliphatic carbocycles. The first kappa shape index (κ1) is 21.9. The number of ether oxygens (including phenoxy) is 1. The van der Waals surface area contributed by atoms with Gasteiger partial charge in [0.2, 0.25) is 0 Å². The van der Waals surface area contributed by atoms with Crippen molar-refractivity contribution in [3.05, 3.63) is 57.4 Å². The van der Waals surface area contributed by atoms with Crippen molar-refractivity contribution >= 4 is 5.70 Å². The normalized spacial score (nSPS) is 20.0. The fourth-order valence-electron chi connectivity index (χ4n) is 3.37. The zero-order chi connectivity index (χ0) is 22.3. The highest BCUT2D eigenvalue weighted by atomic mass is 19.4. The lowest BCUT2D eigenvalue weighted by Crippen LogP contribution is -2.43. The zero-order valence-corrected chi connectivity index (χ0v) is 15.2. The Bertz CT molecular complexity index is 908. The average molecular weight is 440 g/mol. The van der Waals surface area contributed by atoms with Gasteiger partial charge in [-0.1, -0.05) is 0 Å². The van der Waals surface area contributed by atoms with E-state index in [-0.39, 0.29) is 35.7 Å². The summed E-state index contributed by atoms with van der Waals surface area (Å²) >= 11 is 0. The highest BCUT2D eigenvalue weighted by molar-refractivity contribution is 5.74. The van der Waals surface area contributed by atoms with Crippen LogP contribution < -0.4 is 4.74 Å². The molecule has 1 aromatic rings. The van der Waals surface area contributed by atoms with E-state index < -0.39 is 41.5 Å². The maximum atomic E-state index is 13.9. The van der Waals surface area contributed by atoms with Crippen LogP contribution in [0.2, 0.25) is 0 Å². The van der Waals surface area contributed by atoms with Gasteiger partial charge in [-0.2, -0.15) is 22.0 Å². The molecule has 0 bridgehead atoms. The Kier molecular flexibility index (Phi) is 5.46. The number of rotatable bonds is 5. The molecule has 12 heteroatoms. The molecule has 3 rings (SSSR count). The molecule has 164 valence electrons. The molecule has 5 nitrogen and oxygen atoms in total. The number of hydrogen-bond acceptors (Lipinski definition) is 4. The monoisotopic (exact) mass is 440 g/mol. The van der Waals surface area contributed by atoms with E-state index >= 15 is 0 Å². The Balaban J connectivity index is 2.18. The summed E-state index contributed by atoms with van der Waals surface area (Å²) in [6, 6.07) is 1.77. The number of alkyl halides is 7. The number of benzene rings is 1. The summed E-state index contributed by atoms with van der Waals surface area (Å²) in [4.78, 5) is 11.4. The predicted molar refractivity (Wildman–Crippen MR) is 90.7 cm³/mol. The first-order valence-electron chi connectivity index (χ1n) is 8.69. The van der Waals surface area contributed by atoms with E-state index in [0.717, 1.165) is 12.1 Å². The number of halogens is 7. The fourth-order valence-corrected chi connectivity index (χ4v) is 3.37. The topological polar surface area (TPSA) is 55.6 Å². The van der Waals surface area contributed by atoms with Crippen LogP contribution in [-0.4, -0.2) is 41.5 Å². The largest absolute Gasteiger partial charge is 0.477 e. The Morgan fingerprint density at radius 3 is 2.43 bits per heavy atom. The van der Waals surface area contributed by atoms with Crippen molar-refractivity contribution in [2.24, 2.45) is 0 Å². The van der Waals surface area contributed by atoms with Crippen LogP contribution in [0.25, 0.3) is 5.70 Å². The lowest BCUT2D eigenvalue weighted by molar-refractivity contribution is -0.404. The van der Waals surface area contributed by atoms with Crippen molar-refractivity contribution in [2.75, 3.05) is 19.9 Å². The molecule has 0 radical (unpaired) electrons. The average Bonchev–Trinajstić information content (AvgIpc) is 3.12. The van der Waals surface area contributed by atoms with Crippen LogP contribution in [0.1, 0.15) is 24.0 Å². The number of nitro groups is 1. The maximum Gasteiger partial charge on any atom is 0.458 e. The minimum atomic E-state index is -5.87. The fraction of sp³-hybridized carbons (Fsp3) is 0.444. The molecule has 1 saturated heterocycles. The van der Waals surface area contributed by atoms with Gasteiger partial charge < -0.3 is 9.64 Å². The zero-order valence-electron chi connectivity index (χ0n) is 15.2. The molecule has 0 atom stereocenters. The van der Waals surface area contributed by atoms with E-state index in [2.05, 4.69) is 0 Å². The van der Waals surface area contributed by atoms with Crippen molar-refractivity contribution in [3.63, 3.8) is 0 Å². The van der Waals surface area contributed by atoms with Gasteiger partial charge in [0.15, 0.2) is 5.60 Å². The molecule has 1 fully saturated rings. The van der Waals surface area contributed by atoms with Gasteiger partial charge in [0.05, 0.1) is 16.3 Å². The van der Waals surface area contributed by atoms with Crippen molar-refractivity contribution < 1.29 is 40.4 Å². The molecular weight excluding hydrogens is 425 g/mol. The molecule has 0 N–H and O–H groups in total. The summed E-state index contributed by atoms with van der Waals surface area (Å²) in [5, 5.41) is 10.9. The van der Waals surface area contributed by atoms with E-state index in [1.54, 1.807) is 0 Å². The SMILES string of the molecule is O=[N+]([O-])C=C1CCCN1C1=CC(CF)(CF)Oc2ccc(C(F)(F)C(F)(F)F)cc21. The number of likely N-dealkylation sites (tertiary alicyclic amines) is 1. The summed E-state index contributed by atoms with van der Waals surface area (Å²) in [6.07, 6.45) is -3.66. The molecular formula is C18H15F7N2O3. The molecule has 0 aromatic heterocycles. The number of fused-ring (bicyclic) bond motifs is 1. The number of hydrogen-bond donors (Lipinski definition) is 0. The first-order valence-corrected chi connectivity index (χ1v) is 8.69. The Hall–Kier alpha value is -2.79. The Morgan fingerprint density at radius 2 is 1.87 bits per heavy atom. The number of allylic oxidation sites excluding steroid dienone is 1. The van der Waals surface area contributed by atoms with E-state index in [1.807, 2.05) is 0 Å². The highest BCUT2D eigenvalue weighted by Gasteiger charge is 2.59. The maximum absolute atomic E-state index is 13.9. The van der Waals surface area contributed by atoms with Gasteiger partial charge in [0.25, 0.3) is 6.20 Å². The van der Waals surface area contributed by atoms with E-state index in [0.29, 0.717) is 24.8 Å². The van der Waals surface area contributed by atoms with Gasteiger partial charge in [-0.15, -0.1) is 0 Å². The van der Waals surface area contributed by atoms with Crippen LogP contribution in [0.3, 0.4) is 0 Å². The second-order valence-corrected chi connectivity index (χ2v) is 6.91. The van der Waals surface area contributed by atoms with Gasteiger partial charge in [0.1, 0.15) is 19.1 Å². The quantitative estimate of drug-likeness (QED) is 0.369. The third-order valence-corrected chi connectivity index (χ3v) is 4.85. The van der Waals surface area contributed by atoms with Gasteiger partial charge in [-0.3, -0.25) is 10.1 Å². The minimum absolute atomic E-state index is 0.124. The molecule has 0 spiro atoms. The van der Waals surface area contributed by atoms with Crippen molar-refractivity contribution in [3.8, 4) is 5.75 Å². The molecule has 2 heterocycles. The summed E-state index contributed by atoms with van der Waals surface area (Å²) in [7, 11) is 0. The van der Waals surface area contributed by atoms with Crippen LogP contribution >= 0.6 is 0 Å². The van der Waals surface area contributed by atoms with Crippen LogP contribution in [0.4, 0.5) is 30.7 Å². The highest BCUT2D eigenvalue weighted by Crippen LogP contribution is 2.48. The molecule has 1 aromatic carbocycles. The number of nitrogens with zero attached hydrogens (tertiary/aromatic N) is 2. The minimum Gasteiger partial charge on any atom is -0.477 e. The Morgan fingerprint density at radius 1 is 1.20 bits per heavy atom. The second-order valence-electron chi connectivity index (χ2n) is 6.91. The van der Waals surface area contributed by atoms with E-state index in [9.17, 15) is 40.8 Å². The lowest BCUT2D eigenvalue weighted by atomic mass is 9.94. The molecule has 2 aliphatic heterocycles. The van der Waals surface area contributed by atoms with E-state index in [1.165, 1.54) is 4.90 Å². The third kappa shape index (κ3) is 3.70. The molecule has 30 heavy (non-hydrogen) atoms. The first-order chi connectivity index (χ1) is 13.9. The lowest BCUT2D eigenvalue weighted by Gasteiger charge is -2.36. The Labute approximate surface area is 165 Å². The van der Waals surface area contributed by atoms with E-state index in [4.69, 9.17) is 4.74 Å². The van der Waals surface area contributed by atoms with Crippen LogP contribution in [0.5, 0.6) is 5.75 Å². The van der Waals surface area contributed by atoms with Crippen molar-refractivity contribution in [1.29, 1.82) is 0 Å². The summed E-state index contributed by atoms with van der Waals surface area (Å²) in [6.45, 7) is -2.57. The predicted octanol–water partition coefficient (Wildman–Crippen LogP) is 4.97. The smallest absolute Gasteiger partial charge is 0.458 e. The summed E-state index contributed by atoms with van der Waals surface area (Å²) < 4.78 is 98.5. The molecule has 0 amide bonds. The second kappa shape index (κ2) is 7.47. The van der Waals surface area contributed by atoms with Crippen molar-refractivity contribution in [1.82, 2.24) is 4.90 Å². The van der Waals surface area contributed by atoms with Crippen LogP contribution in [-0.2, 0) is 5.92 Å². The van der Waals surface area contributed by atoms with Gasteiger partial charge in [-0.05, 0) is 37.1 Å².